The summed E-state index contributed by atoms with van der Waals surface area (Å²) in [5.74, 6) is 0.305. The lowest BCUT2D eigenvalue weighted by Gasteiger charge is -2.12. The highest BCUT2D eigenvalue weighted by molar-refractivity contribution is 7.09. The molecule has 3 aromatic rings. The zero-order chi connectivity index (χ0) is 23.6. The first-order valence-electron chi connectivity index (χ1n) is 11.2. The average molecular weight is 467 g/mol. The highest BCUT2D eigenvalue weighted by Crippen LogP contribution is 2.21. The molecule has 0 spiro atoms. The summed E-state index contributed by atoms with van der Waals surface area (Å²) >= 11 is 1.62. The molecule has 3 rings (SSSR count). The number of aryl methyl sites for hydroxylation is 1. The van der Waals surface area contributed by atoms with Crippen molar-refractivity contribution in [3.05, 3.63) is 81.1 Å². The van der Waals surface area contributed by atoms with Gasteiger partial charge in [-0.2, -0.15) is 0 Å². The third-order valence-corrected chi connectivity index (χ3v) is 6.12. The molecule has 0 bridgehead atoms. The molecule has 0 atom stereocenters. The van der Waals surface area contributed by atoms with E-state index in [2.05, 4.69) is 16.5 Å². The Morgan fingerprint density at radius 1 is 1.15 bits per heavy atom. The lowest BCUT2D eigenvalue weighted by molar-refractivity contribution is -0.138. The van der Waals surface area contributed by atoms with Gasteiger partial charge >= 0.3 is 11.9 Å². The van der Waals surface area contributed by atoms with Gasteiger partial charge in [-0.15, -0.1) is 11.3 Å². The van der Waals surface area contributed by atoms with Crippen LogP contribution in [0.2, 0.25) is 0 Å². The summed E-state index contributed by atoms with van der Waals surface area (Å²) in [6, 6.07) is 11.4. The first-order chi connectivity index (χ1) is 16.0. The summed E-state index contributed by atoms with van der Waals surface area (Å²) in [5, 5.41) is 2.00. The minimum atomic E-state index is -0.357. The van der Waals surface area contributed by atoms with Crippen molar-refractivity contribution >= 4 is 29.4 Å². The molecule has 0 aliphatic carbocycles. The lowest BCUT2D eigenvalue weighted by Crippen LogP contribution is -2.11. The summed E-state index contributed by atoms with van der Waals surface area (Å²) in [7, 11) is 1.37. The predicted octanol–water partition coefficient (Wildman–Crippen LogP) is 5.31. The third-order valence-electron chi connectivity index (χ3n) is 5.24. The highest BCUT2D eigenvalue weighted by atomic mass is 32.1. The van der Waals surface area contributed by atoms with E-state index in [0.29, 0.717) is 30.7 Å². The Morgan fingerprint density at radius 2 is 1.94 bits per heavy atom. The zero-order valence-corrected chi connectivity index (χ0v) is 20.2. The number of thiophene rings is 1. The fourth-order valence-corrected chi connectivity index (χ4v) is 4.22. The highest BCUT2D eigenvalue weighted by Gasteiger charge is 2.16. The maximum absolute atomic E-state index is 12.7. The molecule has 0 unspecified atom stereocenters. The third kappa shape index (κ3) is 6.65. The zero-order valence-electron chi connectivity index (χ0n) is 19.4. The van der Waals surface area contributed by atoms with Crippen molar-refractivity contribution < 1.29 is 19.1 Å². The van der Waals surface area contributed by atoms with E-state index in [-0.39, 0.29) is 11.9 Å². The van der Waals surface area contributed by atoms with Crippen LogP contribution in [0.25, 0.3) is 6.08 Å². The molecule has 2 heterocycles. The monoisotopic (exact) mass is 466 g/mol. The largest absolute Gasteiger partial charge is 0.465 e. The maximum Gasteiger partial charge on any atom is 0.337 e. The number of methoxy groups -OCH3 is 1. The molecule has 6 nitrogen and oxygen atoms in total. The molecule has 174 valence electrons. The van der Waals surface area contributed by atoms with Gasteiger partial charge in [0.1, 0.15) is 5.82 Å². The predicted molar refractivity (Wildman–Crippen MR) is 130 cm³/mol. The fourth-order valence-electron chi connectivity index (χ4n) is 3.49. The van der Waals surface area contributed by atoms with Crippen LogP contribution < -0.4 is 0 Å². The molecule has 0 radical (unpaired) electrons. The molecule has 0 fully saturated rings. The van der Waals surface area contributed by atoms with Gasteiger partial charge in [-0.1, -0.05) is 31.5 Å². The van der Waals surface area contributed by atoms with Crippen molar-refractivity contribution in [1.29, 1.82) is 0 Å². The van der Waals surface area contributed by atoms with Crippen LogP contribution in [0.4, 0.5) is 0 Å². The van der Waals surface area contributed by atoms with E-state index in [0.717, 1.165) is 41.2 Å². The molecule has 7 heteroatoms. The Morgan fingerprint density at radius 3 is 2.58 bits per heavy atom. The first kappa shape index (κ1) is 24.5. The number of esters is 2. The molecule has 0 saturated heterocycles. The molecular weight excluding hydrogens is 436 g/mol. The standard InChI is InChI=1S/C26H30N2O4S/c1-4-6-9-24-27-17-22(15-21(26(30)32-5-2)16-23-8-7-14-33-23)28(24)18-19-10-12-20(13-11-19)25(29)31-3/h7-8,10-15,17H,4-6,9,16,18H2,1-3H3. The molecular formula is C26H30N2O4S. The number of ether oxygens (including phenoxy) is 2. The smallest absolute Gasteiger partial charge is 0.337 e. The van der Waals surface area contributed by atoms with E-state index in [1.54, 1.807) is 23.5 Å². The van der Waals surface area contributed by atoms with Crippen LogP contribution in [0.15, 0.2) is 53.5 Å². The van der Waals surface area contributed by atoms with E-state index in [1.807, 2.05) is 48.8 Å². The maximum atomic E-state index is 12.7. The molecule has 0 aliphatic rings. The van der Waals surface area contributed by atoms with Crippen molar-refractivity contribution in [2.24, 2.45) is 0 Å². The summed E-state index contributed by atoms with van der Waals surface area (Å²) < 4.78 is 12.2. The van der Waals surface area contributed by atoms with Gasteiger partial charge in [0.05, 0.1) is 31.2 Å². The van der Waals surface area contributed by atoms with Gasteiger partial charge in [-0.05, 0) is 48.6 Å². The van der Waals surface area contributed by atoms with Crippen LogP contribution in [0.3, 0.4) is 0 Å². The van der Waals surface area contributed by atoms with E-state index in [4.69, 9.17) is 9.47 Å². The van der Waals surface area contributed by atoms with E-state index in [9.17, 15) is 9.59 Å². The van der Waals surface area contributed by atoms with Gasteiger partial charge in [0.25, 0.3) is 0 Å². The molecule has 0 N–H and O–H groups in total. The number of benzene rings is 1. The molecule has 0 aliphatic heterocycles. The fraction of sp³-hybridized carbons (Fsp3) is 0.346. The minimum Gasteiger partial charge on any atom is -0.465 e. The number of unbranched alkanes of at least 4 members (excludes halogenated alkanes) is 1. The Balaban J connectivity index is 1.95. The minimum absolute atomic E-state index is 0.309. The second-order valence-electron chi connectivity index (χ2n) is 7.62. The molecule has 2 aromatic heterocycles. The van der Waals surface area contributed by atoms with Crippen LogP contribution in [0.1, 0.15) is 59.0 Å². The number of rotatable bonds is 11. The van der Waals surface area contributed by atoms with Crippen molar-refractivity contribution in [1.82, 2.24) is 9.55 Å². The van der Waals surface area contributed by atoms with E-state index < -0.39 is 0 Å². The number of hydrogen-bond donors (Lipinski definition) is 0. The number of imidazole rings is 1. The second kappa shape index (κ2) is 12.2. The van der Waals surface area contributed by atoms with Crippen LogP contribution >= 0.6 is 11.3 Å². The van der Waals surface area contributed by atoms with Crippen LogP contribution in [-0.4, -0.2) is 35.2 Å². The van der Waals surface area contributed by atoms with E-state index >= 15 is 0 Å². The van der Waals surface area contributed by atoms with Crippen molar-refractivity contribution in [2.45, 2.75) is 46.1 Å². The Labute approximate surface area is 198 Å². The Bertz CT molecular complexity index is 1080. The molecule has 1 aromatic carbocycles. The van der Waals surface area contributed by atoms with Crippen LogP contribution in [0.5, 0.6) is 0 Å². The first-order valence-corrected chi connectivity index (χ1v) is 12.0. The van der Waals surface area contributed by atoms with Crippen molar-refractivity contribution in [3.63, 3.8) is 0 Å². The summed E-state index contributed by atoms with van der Waals surface area (Å²) in [6.45, 7) is 4.88. The normalized spacial score (nSPS) is 11.4. The Hall–Kier alpha value is -3.19. The molecule has 0 amide bonds. The number of hydrogen-bond acceptors (Lipinski definition) is 6. The second-order valence-corrected chi connectivity index (χ2v) is 8.66. The molecule has 0 saturated carbocycles. The van der Waals surface area contributed by atoms with Gasteiger partial charge < -0.3 is 14.0 Å². The van der Waals surface area contributed by atoms with E-state index in [1.165, 1.54) is 7.11 Å². The SMILES string of the molecule is CCCCc1ncc(C=C(Cc2cccs2)C(=O)OCC)n1Cc1ccc(C(=O)OC)cc1. The van der Waals surface area contributed by atoms with Crippen molar-refractivity contribution in [2.75, 3.05) is 13.7 Å². The Kier molecular flexibility index (Phi) is 9.01. The van der Waals surface area contributed by atoms with Crippen molar-refractivity contribution in [3.8, 4) is 0 Å². The summed E-state index contributed by atoms with van der Waals surface area (Å²) in [5.41, 5.74) is 3.00. The van der Waals surface area contributed by atoms with Gasteiger partial charge in [-0.3, -0.25) is 0 Å². The lowest BCUT2D eigenvalue weighted by atomic mass is 10.1. The van der Waals surface area contributed by atoms with Gasteiger partial charge in [-0.25, -0.2) is 14.6 Å². The summed E-state index contributed by atoms with van der Waals surface area (Å²) in [6.07, 6.45) is 7.17. The van der Waals surface area contributed by atoms with Gasteiger partial charge in [0, 0.05) is 29.8 Å². The summed E-state index contributed by atoms with van der Waals surface area (Å²) in [4.78, 5) is 30.2. The topological polar surface area (TPSA) is 70.4 Å². The number of aromatic nitrogens is 2. The van der Waals surface area contributed by atoms with Gasteiger partial charge in [0.2, 0.25) is 0 Å². The average Bonchev–Trinajstić information content (AvgIpc) is 3.47. The van der Waals surface area contributed by atoms with Gasteiger partial charge in [0.15, 0.2) is 0 Å². The number of carbonyl (C=O) groups is 2. The quantitative estimate of drug-likeness (QED) is 0.283. The molecule has 33 heavy (non-hydrogen) atoms. The number of nitrogens with zero attached hydrogens (tertiary/aromatic N) is 2. The van der Waals surface area contributed by atoms with Crippen LogP contribution in [0, 0.1) is 0 Å². The van der Waals surface area contributed by atoms with Crippen LogP contribution in [-0.2, 0) is 33.7 Å². The number of carbonyl (C=O) groups excluding carboxylic acids is 2.